The first-order valence-electron chi connectivity index (χ1n) is 18.0. The summed E-state index contributed by atoms with van der Waals surface area (Å²) in [6, 6.07) is 6.37. The number of primary amides is 1. The average Bonchev–Trinajstić information content (AvgIpc) is 4.00. The minimum atomic E-state index is -1.04. The van der Waals surface area contributed by atoms with E-state index in [1.807, 2.05) is 17.0 Å². The summed E-state index contributed by atoms with van der Waals surface area (Å²) in [7, 11) is 0. The van der Waals surface area contributed by atoms with E-state index >= 15 is 0 Å². The number of carbonyl (C=O) groups is 6. The SMILES string of the molecule is CC(NC=O)C(=O)C(N)=O.CC1CC1.C[C@@H]1CCCN1C(=O)C(NC(=O)NC(C(=O)C1CC1)C1CCCCC1)C1Cc2ccccc2C1. The van der Waals surface area contributed by atoms with Crippen molar-refractivity contribution in [3.8, 4) is 0 Å². The van der Waals surface area contributed by atoms with Gasteiger partial charge in [0, 0.05) is 18.5 Å². The van der Waals surface area contributed by atoms with Crippen LogP contribution in [0, 0.1) is 23.7 Å². The first kappa shape index (κ1) is 37.1. The van der Waals surface area contributed by atoms with Crippen molar-refractivity contribution in [2.45, 2.75) is 128 Å². The van der Waals surface area contributed by atoms with Gasteiger partial charge in [0.05, 0.1) is 12.1 Å². The first-order valence-corrected chi connectivity index (χ1v) is 18.0. The van der Waals surface area contributed by atoms with E-state index in [9.17, 15) is 28.8 Å². The van der Waals surface area contributed by atoms with Crippen LogP contribution in [0.2, 0.25) is 0 Å². The Morgan fingerprint density at radius 1 is 0.812 bits per heavy atom. The van der Waals surface area contributed by atoms with Gasteiger partial charge in [0.25, 0.3) is 5.91 Å². The zero-order valence-electron chi connectivity index (χ0n) is 28.9. The lowest BCUT2D eigenvalue weighted by atomic mass is 9.81. The van der Waals surface area contributed by atoms with Crippen molar-refractivity contribution in [2.24, 2.45) is 29.4 Å². The molecule has 0 bridgehead atoms. The molecule has 0 aromatic heterocycles. The van der Waals surface area contributed by atoms with E-state index in [1.54, 1.807) is 0 Å². The zero-order valence-corrected chi connectivity index (χ0v) is 28.9. The summed E-state index contributed by atoms with van der Waals surface area (Å²) in [5, 5.41) is 8.25. The molecule has 264 valence electrons. The van der Waals surface area contributed by atoms with E-state index in [0.717, 1.165) is 76.7 Å². The minimum absolute atomic E-state index is 0.0284. The van der Waals surface area contributed by atoms with E-state index in [-0.39, 0.29) is 41.5 Å². The molecule has 4 aliphatic carbocycles. The van der Waals surface area contributed by atoms with Gasteiger partial charge in [0.15, 0.2) is 5.78 Å². The standard InChI is InChI=1S/C28H39N3O3.C5H8N2O3.C4H8/c1-18-8-7-15-31(18)27(33)25(23-16-21-11-5-6-12-22(21)17-23)30-28(34)29-24(26(32)20-13-14-20)19-9-3-2-4-10-19;1-3(7-2-8)4(9)5(6)10;1-4-2-3-4/h5-6,11-12,18-20,23-25H,2-4,7-10,13-17H2,1H3,(H2,29,30,34);2-3H,1H3,(H2,6,10)(H,7,8);4H,2-3H2,1H3/t18-,24?,25?;;/m1../s1. The van der Waals surface area contributed by atoms with Gasteiger partial charge in [-0.1, -0.05) is 63.3 Å². The van der Waals surface area contributed by atoms with E-state index in [2.05, 4.69) is 47.7 Å². The maximum atomic E-state index is 13.7. The molecule has 0 radical (unpaired) electrons. The van der Waals surface area contributed by atoms with Gasteiger partial charge in [0.1, 0.15) is 6.04 Å². The third-order valence-electron chi connectivity index (χ3n) is 10.5. The summed E-state index contributed by atoms with van der Waals surface area (Å²) in [5.41, 5.74) is 7.16. The van der Waals surface area contributed by atoms with Crippen molar-refractivity contribution < 1.29 is 28.8 Å². The zero-order chi connectivity index (χ0) is 34.8. The molecule has 4 fully saturated rings. The van der Waals surface area contributed by atoms with Crippen LogP contribution < -0.4 is 21.7 Å². The highest BCUT2D eigenvalue weighted by atomic mass is 16.2. The number of urea groups is 1. The Bertz CT molecular complexity index is 1280. The lowest BCUT2D eigenvalue weighted by Gasteiger charge is -2.33. The molecule has 1 aromatic carbocycles. The molecule has 3 unspecified atom stereocenters. The number of Topliss-reactive ketones (excluding diaryl/α,β-unsaturated/α-hetero) is 2. The highest BCUT2D eigenvalue weighted by Gasteiger charge is 2.42. The number of nitrogens with one attached hydrogen (secondary N) is 3. The van der Waals surface area contributed by atoms with E-state index in [4.69, 9.17) is 0 Å². The topological polar surface area (TPSA) is 168 Å². The van der Waals surface area contributed by atoms with Crippen LogP contribution in [0.5, 0.6) is 0 Å². The van der Waals surface area contributed by atoms with E-state index in [0.29, 0.717) is 6.41 Å². The van der Waals surface area contributed by atoms with Crippen molar-refractivity contribution in [3.05, 3.63) is 35.4 Å². The molecule has 1 saturated heterocycles. The molecule has 11 nitrogen and oxygen atoms in total. The fraction of sp³-hybridized carbons (Fsp3) is 0.676. The molecule has 0 spiro atoms. The van der Waals surface area contributed by atoms with Crippen LogP contribution in [0.25, 0.3) is 0 Å². The first-order chi connectivity index (χ1) is 23.0. The molecular weight excluding hydrogens is 610 g/mol. The average molecular weight is 666 g/mol. The van der Waals surface area contributed by atoms with Crippen molar-refractivity contribution in [2.75, 3.05) is 6.54 Å². The smallest absolute Gasteiger partial charge is 0.316 e. The van der Waals surface area contributed by atoms with Gasteiger partial charge in [-0.2, -0.15) is 0 Å². The second kappa shape index (κ2) is 17.6. The summed E-state index contributed by atoms with van der Waals surface area (Å²) in [6.45, 7) is 6.50. The summed E-state index contributed by atoms with van der Waals surface area (Å²) in [6.07, 6.45) is 14.2. The third kappa shape index (κ3) is 10.6. The van der Waals surface area contributed by atoms with E-state index < -0.39 is 29.8 Å². The number of rotatable bonds is 11. The van der Waals surface area contributed by atoms with Crippen LogP contribution in [0.1, 0.15) is 103 Å². The van der Waals surface area contributed by atoms with E-state index in [1.165, 1.54) is 37.3 Å². The van der Waals surface area contributed by atoms with Crippen molar-refractivity contribution in [1.82, 2.24) is 20.9 Å². The predicted molar refractivity (Wildman–Crippen MR) is 183 cm³/mol. The minimum Gasteiger partial charge on any atom is -0.363 e. The number of nitrogens with zero attached hydrogens (tertiary/aromatic N) is 1. The highest BCUT2D eigenvalue weighted by molar-refractivity contribution is 6.37. The van der Waals surface area contributed by atoms with Crippen LogP contribution in [0.15, 0.2) is 24.3 Å². The molecule has 6 rings (SSSR count). The molecule has 1 aromatic rings. The molecule has 1 heterocycles. The molecule has 5 amide bonds. The Morgan fingerprint density at radius 3 is 1.88 bits per heavy atom. The number of hydrogen-bond donors (Lipinski definition) is 4. The van der Waals surface area contributed by atoms with Crippen LogP contribution in [-0.2, 0) is 36.8 Å². The largest absolute Gasteiger partial charge is 0.363 e. The van der Waals surface area contributed by atoms with Crippen molar-refractivity contribution in [3.63, 3.8) is 0 Å². The van der Waals surface area contributed by atoms with Crippen molar-refractivity contribution >= 4 is 35.8 Å². The Balaban J connectivity index is 0.000000310. The number of amides is 5. The van der Waals surface area contributed by atoms with Gasteiger partial charge < -0.3 is 26.6 Å². The Hall–Kier alpha value is -3.76. The summed E-state index contributed by atoms with van der Waals surface area (Å²) < 4.78 is 0. The van der Waals surface area contributed by atoms with Crippen LogP contribution in [0.4, 0.5) is 4.79 Å². The summed E-state index contributed by atoms with van der Waals surface area (Å²) >= 11 is 0. The van der Waals surface area contributed by atoms with Gasteiger partial charge in [-0.25, -0.2) is 4.79 Å². The molecule has 3 saturated carbocycles. The molecule has 11 heteroatoms. The number of hydrogen-bond acceptors (Lipinski definition) is 6. The van der Waals surface area contributed by atoms with Crippen LogP contribution in [-0.4, -0.2) is 71.4 Å². The molecule has 5 aliphatic rings. The highest BCUT2D eigenvalue weighted by Crippen LogP contribution is 2.36. The van der Waals surface area contributed by atoms with Crippen LogP contribution >= 0.6 is 0 Å². The Labute approximate surface area is 284 Å². The van der Waals surface area contributed by atoms with Gasteiger partial charge in [-0.3, -0.25) is 24.0 Å². The number of likely N-dealkylation sites (tertiary alicyclic amines) is 1. The molecule has 5 N–H and O–H groups in total. The summed E-state index contributed by atoms with van der Waals surface area (Å²) in [5.74, 6) is -0.160. The third-order valence-corrected chi connectivity index (χ3v) is 10.5. The number of ketones is 2. The van der Waals surface area contributed by atoms with Gasteiger partial charge >= 0.3 is 6.03 Å². The number of carbonyl (C=O) groups excluding carboxylic acids is 6. The monoisotopic (exact) mass is 665 g/mol. The lowest BCUT2D eigenvalue weighted by molar-refractivity contribution is -0.137. The summed E-state index contributed by atoms with van der Waals surface area (Å²) in [4.78, 5) is 72.5. The Kier molecular flexibility index (Phi) is 13.6. The second-order valence-corrected chi connectivity index (χ2v) is 14.5. The van der Waals surface area contributed by atoms with Gasteiger partial charge in [0.2, 0.25) is 18.1 Å². The maximum absolute atomic E-state index is 13.7. The fourth-order valence-corrected chi connectivity index (χ4v) is 7.04. The Morgan fingerprint density at radius 2 is 1.40 bits per heavy atom. The molecule has 48 heavy (non-hydrogen) atoms. The van der Waals surface area contributed by atoms with Gasteiger partial charge in [-0.05, 0) is 94.1 Å². The van der Waals surface area contributed by atoms with Crippen molar-refractivity contribution in [1.29, 1.82) is 0 Å². The fourth-order valence-electron chi connectivity index (χ4n) is 7.04. The predicted octanol–water partition coefficient (Wildman–Crippen LogP) is 3.60. The number of fused-ring (bicyclic) bond motifs is 1. The second-order valence-electron chi connectivity index (χ2n) is 14.5. The quantitative estimate of drug-likeness (QED) is 0.208. The molecule has 4 atom stereocenters. The molecular formula is C37H55N5O6. The lowest BCUT2D eigenvalue weighted by Crippen LogP contribution is -2.58. The van der Waals surface area contributed by atoms with Crippen LogP contribution in [0.3, 0.4) is 0 Å². The number of nitrogens with two attached hydrogens (primary N) is 1. The normalized spacial score (nSPS) is 22.3. The molecule has 1 aliphatic heterocycles. The number of benzene rings is 1. The maximum Gasteiger partial charge on any atom is 0.316 e. The van der Waals surface area contributed by atoms with Gasteiger partial charge in [-0.15, -0.1) is 0 Å².